The molecule has 3 N–H and O–H groups in total. The Morgan fingerprint density at radius 2 is 1.23 bits per heavy atom. The summed E-state index contributed by atoms with van der Waals surface area (Å²) in [5.74, 6) is -13.5. The molecule has 1 spiro atoms. The van der Waals surface area contributed by atoms with Crippen molar-refractivity contribution in [3.63, 3.8) is 0 Å². The van der Waals surface area contributed by atoms with Crippen molar-refractivity contribution in [1.82, 2.24) is 60.0 Å². The first-order chi connectivity index (χ1) is 49.5. The zero-order valence-corrected chi connectivity index (χ0v) is 64.8. The minimum atomic E-state index is -4.84. The van der Waals surface area contributed by atoms with E-state index in [1.54, 1.807) is 52.0 Å². The van der Waals surface area contributed by atoms with Gasteiger partial charge in [0.2, 0.25) is 70.9 Å². The van der Waals surface area contributed by atoms with Crippen LogP contribution in [-0.2, 0) is 83.0 Å². The molecule has 11 atom stereocenters. The number of halogens is 6. The molecule has 0 aromatic heterocycles. The minimum Gasteiger partial charge on any atom is -0.347 e. The van der Waals surface area contributed by atoms with Crippen LogP contribution < -0.4 is 16.0 Å². The number of amides is 12. The molecule has 1 saturated carbocycles. The Bertz CT molecular complexity index is 3730. The number of likely N-dealkylation sites (N-methyl/N-ethyl adjacent to an activating group) is 8. The number of carbonyl (C=O) groups is 12. The van der Waals surface area contributed by atoms with Gasteiger partial charge in [0.1, 0.15) is 59.9 Å². The van der Waals surface area contributed by atoms with Gasteiger partial charge in [0.05, 0.1) is 23.6 Å². The molecule has 3 aromatic rings. The second-order valence-electron chi connectivity index (χ2n) is 29.6. The van der Waals surface area contributed by atoms with Gasteiger partial charge in [-0.1, -0.05) is 121 Å². The molecule has 2 saturated heterocycles. The third-order valence-corrected chi connectivity index (χ3v) is 21.8. The Morgan fingerprint density at radius 1 is 0.642 bits per heavy atom. The fourth-order valence-electron chi connectivity index (χ4n) is 14.0. The average molecular weight is 1510 g/mol. The third kappa shape index (κ3) is 20.5. The standard InChI is InChI=1S/C76H106ClF5N12O12/c1-18-45(6)63-72(104)88(12)47(8)67(99)94-35-32-56(94)71(103)91(15)59(39-49-24-22-44(5)23-25-49)70(102)87(11)42-61(95)83-55(31-28-48-26-29-51(52(77)37-48)76(80,81)82)68(100)90(14)58(40-50-27-30-53(78)54(79)38-50)66(98)85-75(33-20-21-34-75)74(106)93(17)64(46(7)19-2)73(105)92(16)60(69(101)86(9)10)41-62(96)89(13)57(36-43(3)4)65(97)84-63/h22-27,29-30,37-38,43,45-47,55-60,63-64H,18-21,28,31-36,39-42H2,1-17H3,(H,83,95)(H,84,97)(H,85,98)/t45-,46-,47-,55-,56?,57-,58-,59-,60-,63-,64-/m0/s1. The fraction of sp³-hybridized carbons (Fsp3) is 0.605. The fourth-order valence-corrected chi connectivity index (χ4v) is 14.3. The van der Waals surface area contributed by atoms with E-state index in [0.29, 0.717) is 24.8 Å². The van der Waals surface area contributed by atoms with Crippen LogP contribution in [0.25, 0.3) is 0 Å². The van der Waals surface area contributed by atoms with Crippen molar-refractivity contribution >= 4 is 82.5 Å². The van der Waals surface area contributed by atoms with Crippen LogP contribution in [0.15, 0.2) is 60.7 Å². The summed E-state index contributed by atoms with van der Waals surface area (Å²) in [5.41, 5.74) is -1.33. The molecule has 584 valence electrons. The van der Waals surface area contributed by atoms with Gasteiger partial charge >= 0.3 is 6.18 Å². The van der Waals surface area contributed by atoms with E-state index in [2.05, 4.69) is 16.0 Å². The first-order valence-corrected chi connectivity index (χ1v) is 36.5. The van der Waals surface area contributed by atoms with Gasteiger partial charge in [0, 0.05) is 82.8 Å². The van der Waals surface area contributed by atoms with E-state index >= 15 is 28.4 Å². The number of nitrogens with one attached hydrogen (secondary N) is 3. The molecule has 3 aliphatic rings. The summed E-state index contributed by atoms with van der Waals surface area (Å²) in [6.07, 6.45) is -5.27. The van der Waals surface area contributed by atoms with Gasteiger partial charge in [0.15, 0.2) is 11.6 Å². The third-order valence-electron chi connectivity index (χ3n) is 21.5. The van der Waals surface area contributed by atoms with E-state index in [4.69, 9.17) is 11.6 Å². The number of benzene rings is 3. The molecule has 3 fully saturated rings. The molecule has 0 bridgehead atoms. The van der Waals surface area contributed by atoms with Gasteiger partial charge < -0.3 is 60.0 Å². The number of aryl methyl sites for hydroxylation is 2. The van der Waals surface area contributed by atoms with Crippen molar-refractivity contribution in [2.75, 3.05) is 76.5 Å². The number of hydrogen-bond acceptors (Lipinski definition) is 12. The molecule has 1 unspecified atom stereocenters. The molecule has 0 radical (unpaired) electrons. The van der Waals surface area contributed by atoms with E-state index in [1.165, 1.54) is 101 Å². The molecule has 30 heteroatoms. The highest BCUT2D eigenvalue weighted by molar-refractivity contribution is 6.31. The van der Waals surface area contributed by atoms with Crippen LogP contribution in [0, 0.1) is 36.3 Å². The summed E-state index contributed by atoms with van der Waals surface area (Å²) in [6, 6.07) is 0.191. The lowest BCUT2D eigenvalue weighted by Crippen LogP contribution is -2.65. The van der Waals surface area contributed by atoms with E-state index in [-0.39, 0.29) is 68.5 Å². The SMILES string of the molecule is CC[C@H](C)[C@@H]1NC(=O)[C@H](CC(C)C)N(C)C(=O)C[C@@H](C(=O)N(C)C)N(C)C(=O)[C@H]([C@@H](C)CC)N(C)C(=O)C2(CCCC2)NC(=O)[C@H](Cc2ccc(F)c(F)c2)N(C)C(=O)[C@H](CCc2ccc(C(F)(F)F)c(Cl)c2)NC(=O)CN(C)C(=O)[C@H](Cc2ccc(C)cc2)N(C)C(=O)C2CCN2C(=O)[C@H](C)N(C)C1=O. The van der Waals surface area contributed by atoms with Gasteiger partial charge in [-0.15, -0.1) is 0 Å². The number of rotatable bonds is 14. The Morgan fingerprint density at radius 3 is 1.77 bits per heavy atom. The summed E-state index contributed by atoms with van der Waals surface area (Å²) in [5, 5.41) is 7.76. The topological polar surface area (TPSA) is 270 Å². The second-order valence-corrected chi connectivity index (χ2v) is 30.1. The summed E-state index contributed by atoms with van der Waals surface area (Å²) in [7, 11) is 12.1. The van der Waals surface area contributed by atoms with Crippen molar-refractivity contribution in [1.29, 1.82) is 0 Å². The highest BCUT2D eigenvalue weighted by Crippen LogP contribution is 2.37. The monoisotopic (exact) mass is 1510 g/mol. The first-order valence-electron chi connectivity index (χ1n) is 36.2. The number of fused-ring (bicyclic) bond motifs is 1. The van der Waals surface area contributed by atoms with Gasteiger partial charge in [0.25, 0.3) is 0 Å². The normalized spacial score (nSPS) is 24.6. The van der Waals surface area contributed by atoms with Crippen LogP contribution in [0.2, 0.25) is 5.02 Å². The minimum absolute atomic E-state index is 0.0123. The highest BCUT2D eigenvalue weighted by atomic mass is 35.5. The lowest BCUT2D eigenvalue weighted by molar-refractivity contribution is -0.160. The average Bonchev–Trinajstić information content (AvgIpc) is 1.19. The predicted molar refractivity (Wildman–Crippen MR) is 387 cm³/mol. The summed E-state index contributed by atoms with van der Waals surface area (Å²) >= 11 is 6.16. The summed E-state index contributed by atoms with van der Waals surface area (Å²) < 4.78 is 71.8. The smallest absolute Gasteiger partial charge is 0.347 e. The Balaban J connectivity index is 1.52. The first kappa shape index (κ1) is 86.2. The van der Waals surface area contributed by atoms with Crippen LogP contribution in [0.4, 0.5) is 22.0 Å². The molecule has 6 rings (SSSR count). The van der Waals surface area contributed by atoms with E-state index in [0.717, 1.165) is 55.5 Å². The maximum Gasteiger partial charge on any atom is 0.417 e. The molecule has 1 aliphatic carbocycles. The predicted octanol–water partition coefficient (Wildman–Crippen LogP) is 6.43. The van der Waals surface area contributed by atoms with E-state index in [1.807, 2.05) is 20.8 Å². The second kappa shape index (κ2) is 36.7. The van der Waals surface area contributed by atoms with Crippen molar-refractivity contribution in [2.45, 2.75) is 205 Å². The van der Waals surface area contributed by atoms with Gasteiger partial charge in [-0.25, -0.2) is 8.78 Å². The molecule has 2 aliphatic heterocycles. The zero-order valence-electron chi connectivity index (χ0n) is 64.0. The zero-order chi connectivity index (χ0) is 79.5. The number of nitrogens with zero attached hydrogens (tertiary/aromatic N) is 9. The molecular formula is C76H106ClF5N12O12. The lowest BCUT2D eigenvalue weighted by Gasteiger charge is -2.45. The molecule has 2 heterocycles. The van der Waals surface area contributed by atoms with E-state index < -0.39 is 197 Å². The molecule has 106 heavy (non-hydrogen) atoms. The van der Waals surface area contributed by atoms with Crippen molar-refractivity contribution in [3.8, 4) is 0 Å². The van der Waals surface area contributed by atoms with Crippen LogP contribution in [0.3, 0.4) is 0 Å². The van der Waals surface area contributed by atoms with Crippen molar-refractivity contribution in [3.05, 3.63) is 105 Å². The summed E-state index contributed by atoms with van der Waals surface area (Å²) in [6.45, 7) is 13.3. The molecule has 12 amide bonds. The molecule has 24 nitrogen and oxygen atoms in total. The van der Waals surface area contributed by atoms with Crippen molar-refractivity contribution < 1.29 is 79.5 Å². The molecule has 3 aromatic carbocycles. The lowest BCUT2D eigenvalue weighted by atomic mass is 9.90. The summed E-state index contributed by atoms with van der Waals surface area (Å²) in [4.78, 5) is 191. The highest BCUT2D eigenvalue weighted by Gasteiger charge is 2.51. The number of alkyl halides is 3. The van der Waals surface area contributed by atoms with Gasteiger partial charge in [-0.3, -0.25) is 57.5 Å². The van der Waals surface area contributed by atoms with E-state index in [9.17, 15) is 51.1 Å². The number of carbonyl (C=O) groups excluding carboxylic acids is 12. The van der Waals surface area contributed by atoms with Crippen LogP contribution in [-0.4, -0.2) is 251 Å². The van der Waals surface area contributed by atoms with Gasteiger partial charge in [-0.2, -0.15) is 13.2 Å². The van der Waals surface area contributed by atoms with Crippen LogP contribution in [0.5, 0.6) is 0 Å². The largest absolute Gasteiger partial charge is 0.417 e. The quantitative estimate of drug-likeness (QED) is 0.147. The maximum atomic E-state index is 15.7. The maximum absolute atomic E-state index is 15.7. The number of hydrogen-bond donors (Lipinski definition) is 3. The Hall–Kier alpha value is -8.76. The molecular weight excluding hydrogens is 1400 g/mol. The van der Waals surface area contributed by atoms with Crippen molar-refractivity contribution in [2.24, 2.45) is 17.8 Å². The Kier molecular flexibility index (Phi) is 29.8. The Labute approximate surface area is 623 Å². The van der Waals surface area contributed by atoms with Crippen LogP contribution >= 0.6 is 11.6 Å². The van der Waals surface area contributed by atoms with Crippen LogP contribution in [0.1, 0.15) is 140 Å². The van der Waals surface area contributed by atoms with Gasteiger partial charge in [-0.05, 0) is 111 Å².